The molecule has 0 amide bonds. The van der Waals surface area contributed by atoms with Crippen molar-refractivity contribution >= 4 is 17.8 Å². The minimum absolute atomic E-state index is 0.506. The van der Waals surface area contributed by atoms with Crippen molar-refractivity contribution in [3.05, 3.63) is 35.4 Å². The average molecular weight is 345 g/mol. The second kappa shape index (κ2) is 8.19. The van der Waals surface area contributed by atoms with Gasteiger partial charge in [-0.25, -0.2) is 0 Å². The number of nitrogens with two attached hydrogens (primary N) is 1. The number of hydrogen-bond donors (Lipinski definition) is 1. The molecule has 0 aliphatic carbocycles. The zero-order valence-electron chi connectivity index (χ0n) is 15.1. The summed E-state index contributed by atoms with van der Waals surface area (Å²) in [6.07, 6.45) is 3.84. The monoisotopic (exact) mass is 345 g/mol. The number of ether oxygens (including phenoxy) is 5. The van der Waals surface area contributed by atoms with Crippen molar-refractivity contribution < 1.29 is 23.7 Å². The third-order valence-electron chi connectivity index (χ3n) is 3.69. The Morgan fingerprint density at radius 1 is 0.600 bits per heavy atom. The van der Waals surface area contributed by atoms with Crippen LogP contribution in [0.3, 0.4) is 0 Å². The first kappa shape index (κ1) is 18.3. The average Bonchev–Trinajstić information content (AvgIpc) is 2.64. The Morgan fingerprint density at radius 2 is 1.00 bits per heavy atom. The van der Waals surface area contributed by atoms with Gasteiger partial charge in [0.1, 0.15) is 0 Å². The van der Waals surface area contributed by atoms with Crippen molar-refractivity contribution in [1.82, 2.24) is 0 Å². The van der Waals surface area contributed by atoms with Gasteiger partial charge in [-0.1, -0.05) is 12.2 Å². The molecule has 0 fully saturated rings. The molecule has 2 N–H and O–H groups in total. The van der Waals surface area contributed by atoms with Gasteiger partial charge in [0.05, 0.1) is 41.2 Å². The summed E-state index contributed by atoms with van der Waals surface area (Å²) in [7, 11) is 7.87. The molecule has 6 nitrogen and oxygen atoms in total. The van der Waals surface area contributed by atoms with Gasteiger partial charge in [0, 0.05) is 0 Å². The largest absolute Gasteiger partial charge is 0.493 e. The first-order valence-electron chi connectivity index (χ1n) is 7.57. The van der Waals surface area contributed by atoms with Crippen LogP contribution in [0.5, 0.6) is 28.7 Å². The Labute approximate surface area is 147 Å². The summed E-state index contributed by atoms with van der Waals surface area (Å²) in [5.74, 6) is 2.83. The first-order chi connectivity index (χ1) is 12.1. The van der Waals surface area contributed by atoms with Crippen LogP contribution in [0.4, 0.5) is 5.69 Å². The van der Waals surface area contributed by atoms with E-state index in [0.29, 0.717) is 34.4 Å². The second-order valence-corrected chi connectivity index (χ2v) is 5.14. The van der Waals surface area contributed by atoms with Gasteiger partial charge in [0.15, 0.2) is 23.0 Å². The van der Waals surface area contributed by atoms with Crippen molar-refractivity contribution in [3.8, 4) is 28.7 Å². The molecule has 0 saturated heterocycles. The summed E-state index contributed by atoms with van der Waals surface area (Å²) in [4.78, 5) is 0. The molecule has 0 spiro atoms. The fraction of sp³-hybridized carbons (Fsp3) is 0.263. The molecule has 0 atom stereocenters. The Kier molecular flexibility index (Phi) is 6.00. The van der Waals surface area contributed by atoms with Crippen molar-refractivity contribution in [3.63, 3.8) is 0 Å². The van der Waals surface area contributed by atoms with Crippen LogP contribution in [0.15, 0.2) is 24.3 Å². The van der Waals surface area contributed by atoms with Crippen molar-refractivity contribution in [2.45, 2.75) is 0 Å². The van der Waals surface area contributed by atoms with Crippen LogP contribution in [0.1, 0.15) is 11.1 Å². The highest BCUT2D eigenvalue weighted by Crippen LogP contribution is 2.39. The number of anilines is 1. The van der Waals surface area contributed by atoms with Crippen molar-refractivity contribution in [2.24, 2.45) is 0 Å². The molecular weight excluding hydrogens is 322 g/mol. The third kappa shape index (κ3) is 3.91. The molecule has 134 valence electrons. The molecular formula is C19H23NO5. The molecule has 6 heteroatoms. The maximum atomic E-state index is 6.01. The fourth-order valence-corrected chi connectivity index (χ4v) is 2.50. The van der Waals surface area contributed by atoms with Gasteiger partial charge in [-0.15, -0.1) is 0 Å². The smallest absolute Gasteiger partial charge is 0.203 e. The van der Waals surface area contributed by atoms with Crippen LogP contribution in [0.2, 0.25) is 0 Å². The van der Waals surface area contributed by atoms with Gasteiger partial charge in [-0.2, -0.15) is 0 Å². The van der Waals surface area contributed by atoms with Gasteiger partial charge in [0.25, 0.3) is 0 Å². The van der Waals surface area contributed by atoms with Crippen LogP contribution in [0.25, 0.3) is 12.2 Å². The lowest BCUT2D eigenvalue weighted by Gasteiger charge is -2.13. The van der Waals surface area contributed by atoms with E-state index in [4.69, 9.17) is 29.4 Å². The lowest BCUT2D eigenvalue weighted by molar-refractivity contribution is 0.324. The van der Waals surface area contributed by atoms with E-state index < -0.39 is 0 Å². The molecule has 0 aromatic heterocycles. The molecule has 2 rings (SSSR count). The minimum atomic E-state index is 0.506. The van der Waals surface area contributed by atoms with Crippen LogP contribution >= 0.6 is 0 Å². The summed E-state index contributed by atoms with van der Waals surface area (Å²) >= 11 is 0. The van der Waals surface area contributed by atoms with Gasteiger partial charge >= 0.3 is 0 Å². The van der Waals surface area contributed by atoms with E-state index in [1.54, 1.807) is 35.5 Å². The summed E-state index contributed by atoms with van der Waals surface area (Å²) in [6, 6.07) is 7.39. The van der Waals surface area contributed by atoms with E-state index in [0.717, 1.165) is 11.1 Å². The Balaban J connectivity index is 2.41. The summed E-state index contributed by atoms with van der Waals surface area (Å²) < 4.78 is 26.6. The van der Waals surface area contributed by atoms with Crippen LogP contribution in [0, 0.1) is 0 Å². The highest BCUT2D eigenvalue weighted by atomic mass is 16.5. The molecule has 0 aliphatic rings. The first-order valence-corrected chi connectivity index (χ1v) is 7.57. The van der Waals surface area contributed by atoms with Crippen molar-refractivity contribution in [2.75, 3.05) is 41.3 Å². The van der Waals surface area contributed by atoms with Gasteiger partial charge < -0.3 is 29.4 Å². The highest BCUT2D eigenvalue weighted by Gasteiger charge is 2.12. The summed E-state index contributed by atoms with van der Waals surface area (Å²) in [5.41, 5.74) is 8.29. The van der Waals surface area contributed by atoms with E-state index in [9.17, 15) is 0 Å². The molecule has 0 bridgehead atoms. The van der Waals surface area contributed by atoms with Crippen molar-refractivity contribution in [1.29, 1.82) is 0 Å². The molecule has 0 unspecified atom stereocenters. The quantitative estimate of drug-likeness (QED) is 0.612. The summed E-state index contributed by atoms with van der Waals surface area (Å²) in [6.45, 7) is 0. The molecule has 2 aromatic carbocycles. The molecule has 2 aromatic rings. The maximum absolute atomic E-state index is 6.01. The Morgan fingerprint density at radius 3 is 1.40 bits per heavy atom. The predicted molar refractivity (Wildman–Crippen MR) is 99.0 cm³/mol. The highest BCUT2D eigenvalue weighted by molar-refractivity contribution is 5.76. The number of nitrogen functional groups attached to an aromatic ring is 1. The van der Waals surface area contributed by atoms with Gasteiger partial charge in [-0.3, -0.25) is 0 Å². The second-order valence-electron chi connectivity index (χ2n) is 5.14. The fourth-order valence-electron chi connectivity index (χ4n) is 2.50. The minimum Gasteiger partial charge on any atom is -0.493 e. The van der Waals surface area contributed by atoms with Crippen LogP contribution in [-0.2, 0) is 0 Å². The van der Waals surface area contributed by atoms with E-state index in [1.807, 2.05) is 36.4 Å². The topological polar surface area (TPSA) is 72.2 Å². The molecule has 0 radical (unpaired) electrons. The number of hydrogen-bond acceptors (Lipinski definition) is 6. The number of methoxy groups -OCH3 is 5. The molecule has 0 heterocycles. The predicted octanol–water partition coefficient (Wildman–Crippen LogP) is 3.48. The van der Waals surface area contributed by atoms with Crippen LogP contribution in [-0.4, -0.2) is 35.5 Å². The molecule has 0 saturated carbocycles. The number of benzene rings is 2. The standard InChI is InChI=1S/C19H23NO5/c1-21-15-9-12(8-14(20)18(15)24-4)6-7-13-10-16(22-2)19(25-5)17(11-13)23-3/h6-11H,20H2,1-5H3. The summed E-state index contributed by atoms with van der Waals surface area (Å²) in [5, 5.41) is 0. The van der Waals surface area contributed by atoms with E-state index in [2.05, 4.69) is 0 Å². The van der Waals surface area contributed by atoms with E-state index >= 15 is 0 Å². The third-order valence-corrected chi connectivity index (χ3v) is 3.69. The lowest BCUT2D eigenvalue weighted by Crippen LogP contribution is -1.97. The molecule has 25 heavy (non-hydrogen) atoms. The Bertz CT molecular complexity index is 746. The Hall–Kier alpha value is -3.02. The normalized spacial score (nSPS) is 10.6. The van der Waals surface area contributed by atoms with Gasteiger partial charge in [-0.05, 0) is 35.4 Å². The van der Waals surface area contributed by atoms with Crippen LogP contribution < -0.4 is 29.4 Å². The zero-order valence-corrected chi connectivity index (χ0v) is 15.1. The van der Waals surface area contributed by atoms with E-state index in [1.165, 1.54) is 0 Å². The van der Waals surface area contributed by atoms with Gasteiger partial charge in [0.2, 0.25) is 5.75 Å². The molecule has 0 aliphatic heterocycles. The lowest BCUT2D eigenvalue weighted by atomic mass is 10.1. The number of rotatable bonds is 7. The van der Waals surface area contributed by atoms with E-state index in [-0.39, 0.29) is 0 Å². The maximum Gasteiger partial charge on any atom is 0.203 e. The SMILES string of the molecule is COc1cc(C=Cc2cc(OC)c(OC)c(OC)c2)cc(N)c1OC. The zero-order chi connectivity index (χ0) is 18.4.